The lowest BCUT2D eigenvalue weighted by Crippen LogP contribution is -2.14. The van der Waals surface area contributed by atoms with Gasteiger partial charge in [-0.1, -0.05) is 0 Å². The van der Waals surface area contributed by atoms with Crippen LogP contribution in [0.4, 0.5) is 0 Å². The minimum Gasteiger partial charge on any atom is -0.497 e. The third-order valence-electron chi connectivity index (χ3n) is 2.41. The molecule has 0 aromatic carbocycles. The molecule has 1 aromatic rings. The quantitative estimate of drug-likeness (QED) is 0.745. The van der Waals surface area contributed by atoms with Crippen molar-refractivity contribution in [3.8, 4) is 5.75 Å². The molecule has 1 aliphatic heterocycles. The molecule has 13 heavy (non-hydrogen) atoms. The first-order chi connectivity index (χ1) is 6.40. The van der Waals surface area contributed by atoms with Gasteiger partial charge in [-0.2, -0.15) is 0 Å². The number of rotatable bonds is 2. The van der Waals surface area contributed by atoms with Crippen LogP contribution in [0.25, 0.3) is 0 Å². The Morgan fingerprint density at radius 1 is 1.62 bits per heavy atom. The van der Waals surface area contributed by atoms with E-state index in [1.165, 1.54) is 12.8 Å². The van der Waals surface area contributed by atoms with Gasteiger partial charge in [0, 0.05) is 18.3 Å². The average Bonchev–Trinajstić information content (AvgIpc) is 2.71. The van der Waals surface area contributed by atoms with Crippen LogP contribution in [0, 0.1) is 0 Å². The van der Waals surface area contributed by atoms with Gasteiger partial charge in [-0.15, -0.1) is 0 Å². The predicted octanol–water partition coefficient (Wildman–Crippen LogP) is 1.51. The molecule has 3 heteroatoms. The third-order valence-corrected chi connectivity index (χ3v) is 2.41. The summed E-state index contributed by atoms with van der Waals surface area (Å²) in [7, 11) is 1.68. The molecule has 2 heterocycles. The first-order valence-electron chi connectivity index (χ1n) is 4.63. The van der Waals surface area contributed by atoms with Crippen LogP contribution < -0.4 is 10.1 Å². The van der Waals surface area contributed by atoms with Crippen LogP contribution in [0.15, 0.2) is 18.3 Å². The van der Waals surface area contributed by atoms with E-state index in [9.17, 15) is 0 Å². The minimum atomic E-state index is 0.426. The molecular weight excluding hydrogens is 164 g/mol. The summed E-state index contributed by atoms with van der Waals surface area (Å²) in [6, 6.07) is 4.30. The van der Waals surface area contributed by atoms with Gasteiger partial charge in [0.15, 0.2) is 0 Å². The number of hydrogen-bond donors (Lipinski definition) is 1. The number of ether oxygens (including phenoxy) is 1. The van der Waals surface area contributed by atoms with Crippen LogP contribution in [-0.4, -0.2) is 18.6 Å². The van der Waals surface area contributed by atoms with E-state index >= 15 is 0 Å². The van der Waals surface area contributed by atoms with E-state index in [4.69, 9.17) is 4.74 Å². The number of aromatic nitrogens is 1. The highest BCUT2D eigenvalue weighted by Crippen LogP contribution is 2.23. The molecule has 0 bridgehead atoms. The van der Waals surface area contributed by atoms with E-state index < -0.39 is 0 Å². The van der Waals surface area contributed by atoms with Gasteiger partial charge in [0.25, 0.3) is 0 Å². The predicted molar refractivity (Wildman–Crippen MR) is 50.8 cm³/mol. The molecule has 1 saturated heterocycles. The summed E-state index contributed by atoms with van der Waals surface area (Å²) in [6.45, 7) is 1.10. The van der Waals surface area contributed by atoms with Crippen LogP contribution in [0.3, 0.4) is 0 Å². The summed E-state index contributed by atoms with van der Waals surface area (Å²) in [5.74, 6) is 0.888. The maximum atomic E-state index is 5.15. The van der Waals surface area contributed by atoms with Crippen molar-refractivity contribution in [2.45, 2.75) is 18.9 Å². The van der Waals surface area contributed by atoms with Crippen molar-refractivity contribution in [3.05, 3.63) is 24.0 Å². The summed E-state index contributed by atoms with van der Waals surface area (Å²) in [5.41, 5.74) is 1.09. The van der Waals surface area contributed by atoms with Crippen molar-refractivity contribution >= 4 is 0 Å². The van der Waals surface area contributed by atoms with E-state index in [1.54, 1.807) is 13.3 Å². The Balaban J connectivity index is 2.18. The Morgan fingerprint density at radius 2 is 2.54 bits per heavy atom. The van der Waals surface area contributed by atoms with Crippen molar-refractivity contribution in [1.82, 2.24) is 10.3 Å². The van der Waals surface area contributed by atoms with Crippen molar-refractivity contribution in [2.75, 3.05) is 13.7 Å². The van der Waals surface area contributed by atoms with Gasteiger partial charge in [-0.25, -0.2) is 0 Å². The highest BCUT2D eigenvalue weighted by atomic mass is 16.5. The van der Waals surface area contributed by atoms with Gasteiger partial charge < -0.3 is 10.1 Å². The molecule has 1 atom stereocenters. The summed E-state index contributed by atoms with van der Waals surface area (Å²) in [6.07, 6.45) is 4.22. The Morgan fingerprint density at radius 3 is 3.23 bits per heavy atom. The largest absolute Gasteiger partial charge is 0.497 e. The van der Waals surface area contributed by atoms with Gasteiger partial charge >= 0.3 is 0 Å². The molecular formula is C10H14N2O. The molecule has 1 N–H and O–H groups in total. The molecule has 0 radical (unpaired) electrons. The fraction of sp³-hybridized carbons (Fsp3) is 0.500. The van der Waals surface area contributed by atoms with Crippen molar-refractivity contribution in [2.24, 2.45) is 0 Å². The molecule has 0 unspecified atom stereocenters. The fourth-order valence-corrected chi connectivity index (χ4v) is 1.68. The Labute approximate surface area is 78.1 Å². The lowest BCUT2D eigenvalue weighted by atomic mass is 10.1. The lowest BCUT2D eigenvalue weighted by molar-refractivity contribution is 0.412. The van der Waals surface area contributed by atoms with Crippen LogP contribution in [-0.2, 0) is 0 Å². The maximum absolute atomic E-state index is 5.15. The molecule has 0 spiro atoms. The number of nitrogens with zero attached hydrogens (tertiary/aromatic N) is 1. The topological polar surface area (TPSA) is 34.1 Å². The first kappa shape index (κ1) is 8.51. The van der Waals surface area contributed by atoms with E-state index in [0.717, 1.165) is 18.0 Å². The second kappa shape index (κ2) is 3.75. The number of nitrogens with one attached hydrogen (secondary N) is 1. The normalized spacial score (nSPS) is 21.8. The number of methoxy groups -OCH3 is 1. The lowest BCUT2D eigenvalue weighted by Gasteiger charge is -2.09. The van der Waals surface area contributed by atoms with Gasteiger partial charge in [-0.3, -0.25) is 4.98 Å². The van der Waals surface area contributed by atoms with Crippen LogP contribution in [0.2, 0.25) is 0 Å². The van der Waals surface area contributed by atoms with Gasteiger partial charge in [-0.05, 0) is 25.5 Å². The zero-order chi connectivity index (χ0) is 9.10. The summed E-state index contributed by atoms with van der Waals surface area (Å²) >= 11 is 0. The minimum absolute atomic E-state index is 0.426. The summed E-state index contributed by atoms with van der Waals surface area (Å²) < 4.78 is 5.15. The van der Waals surface area contributed by atoms with E-state index in [1.807, 2.05) is 12.1 Å². The maximum Gasteiger partial charge on any atom is 0.122 e. The van der Waals surface area contributed by atoms with Gasteiger partial charge in [0.1, 0.15) is 5.75 Å². The zero-order valence-electron chi connectivity index (χ0n) is 7.79. The van der Waals surface area contributed by atoms with Crippen LogP contribution >= 0.6 is 0 Å². The number of pyridine rings is 1. The van der Waals surface area contributed by atoms with Crippen LogP contribution in [0.5, 0.6) is 5.75 Å². The Bertz CT molecular complexity index is 282. The highest BCUT2D eigenvalue weighted by molar-refractivity contribution is 5.24. The van der Waals surface area contributed by atoms with Gasteiger partial charge in [0.2, 0.25) is 0 Å². The average molecular weight is 178 g/mol. The van der Waals surface area contributed by atoms with E-state index in [0.29, 0.717) is 6.04 Å². The van der Waals surface area contributed by atoms with Crippen molar-refractivity contribution < 1.29 is 4.74 Å². The Hall–Kier alpha value is -1.09. The summed E-state index contributed by atoms with van der Waals surface area (Å²) in [4.78, 5) is 4.33. The zero-order valence-corrected chi connectivity index (χ0v) is 7.79. The molecule has 1 aromatic heterocycles. The number of hydrogen-bond acceptors (Lipinski definition) is 3. The molecule has 1 fully saturated rings. The van der Waals surface area contributed by atoms with Crippen LogP contribution in [0.1, 0.15) is 24.6 Å². The molecule has 0 saturated carbocycles. The van der Waals surface area contributed by atoms with Crippen molar-refractivity contribution in [3.63, 3.8) is 0 Å². The van der Waals surface area contributed by atoms with E-state index in [-0.39, 0.29) is 0 Å². The molecule has 3 nitrogen and oxygen atoms in total. The third kappa shape index (κ3) is 1.80. The monoisotopic (exact) mass is 178 g/mol. The SMILES string of the molecule is COc1ccnc([C@@H]2CCCN2)c1. The van der Waals surface area contributed by atoms with E-state index in [2.05, 4.69) is 10.3 Å². The fourth-order valence-electron chi connectivity index (χ4n) is 1.68. The highest BCUT2D eigenvalue weighted by Gasteiger charge is 2.17. The molecule has 0 amide bonds. The first-order valence-corrected chi connectivity index (χ1v) is 4.63. The second-order valence-corrected chi connectivity index (χ2v) is 3.27. The summed E-state index contributed by atoms with van der Waals surface area (Å²) in [5, 5.41) is 3.41. The molecule has 2 rings (SSSR count). The van der Waals surface area contributed by atoms with Crippen molar-refractivity contribution in [1.29, 1.82) is 0 Å². The standard InChI is InChI=1S/C10H14N2O/c1-13-8-4-6-12-10(7-8)9-3-2-5-11-9/h4,6-7,9,11H,2-3,5H2,1H3/t9-/m0/s1. The molecule has 0 aliphatic carbocycles. The smallest absolute Gasteiger partial charge is 0.122 e. The van der Waals surface area contributed by atoms with Gasteiger partial charge in [0.05, 0.1) is 12.8 Å². The second-order valence-electron chi connectivity index (χ2n) is 3.27. The molecule has 70 valence electrons. The Kier molecular flexibility index (Phi) is 2.45. The molecule has 1 aliphatic rings.